The van der Waals surface area contributed by atoms with Gasteiger partial charge in [-0.05, 0) is 19.3 Å². The molecule has 1 amide bonds. The molecule has 2 saturated heterocycles. The van der Waals surface area contributed by atoms with Gasteiger partial charge in [-0.1, -0.05) is 12.2 Å². The molecular formula is C12H20N2O3S. The Kier molecular flexibility index (Phi) is 4.91. The monoisotopic (exact) mass is 272 g/mol. The molecule has 2 unspecified atom stereocenters. The average molecular weight is 272 g/mol. The van der Waals surface area contributed by atoms with E-state index in [-0.39, 0.29) is 18.1 Å². The first-order valence-electron chi connectivity index (χ1n) is 6.47. The molecule has 0 radical (unpaired) electrons. The minimum Gasteiger partial charge on any atom is -0.391 e. The quantitative estimate of drug-likeness (QED) is 0.753. The second-order valence-electron chi connectivity index (χ2n) is 4.78. The molecule has 0 aromatic heterocycles. The van der Waals surface area contributed by atoms with E-state index in [4.69, 9.17) is 27.4 Å². The van der Waals surface area contributed by atoms with Gasteiger partial charge in [-0.3, -0.25) is 4.79 Å². The minimum absolute atomic E-state index is 0.148. The van der Waals surface area contributed by atoms with Crippen molar-refractivity contribution in [3.63, 3.8) is 0 Å². The molecule has 0 spiro atoms. The van der Waals surface area contributed by atoms with Gasteiger partial charge in [-0.15, -0.1) is 0 Å². The van der Waals surface area contributed by atoms with Crippen LogP contribution in [0.4, 0.5) is 0 Å². The molecule has 0 aliphatic carbocycles. The first-order valence-corrected chi connectivity index (χ1v) is 6.88. The maximum atomic E-state index is 12.1. The number of thiocarbonyl (C=S) groups is 1. The topological polar surface area (TPSA) is 64.8 Å². The Labute approximate surface area is 113 Å². The van der Waals surface area contributed by atoms with Crippen LogP contribution in [0.1, 0.15) is 25.7 Å². The van der Waals surface area contributed by atoms with Gasteiger partial charge in [0.15, 0.2) is 0 Å². The maximum absolute atomic E-state index is 12.1. The summed E-state index contributed by atoms with van der Waals surface area (Å²) >= 11 is 4.90. The van der Waals surface area contributed by atoms with Gasteiger partial charge < -0.3 is 20.1 Å². The number of hydrogen-bond acceptors (Lipinski definition) is 4. The Hall–Kier alpha value is -0.720. The minimum atomic E-state index is -0.291. The smallest absolute Gasteiger partial charge is 0.222 e. The van der Waals surface area contributed by atoms with Crippen LogP contribution >= 0.6 is 12.2 Å². The van der Waals surface area contributed by atoms with Crippen LogP contribution in [0.25, 0.3) is 0 Å². The van der Waals surface area contributed by atoms with Gasteiger partial charge in [0.25, 0.3) is 0 Å². The SMILES string of the molecule is NC(=S)C1CN(C(=O)CCC2CCCO2)CCO1. The second-order valence-corrected chi connectivity index (χ2v) is 5.25. The molecule has 2 N–H and O–H groups in total. The molecule has 0 aromatic carbocycles. The Morgan fingerprint density at radius 1 is 1.39 bits per heavy atom. The van der Waals surface area contributed by atoms with Crippen LogP contribution in [0.15, 0.2) is 0 Å². The standard InChI is InChI=1S/C12H20N2O3S/c13-12(18)10-8-14(5-7-17-10)11(15)4-3-9-2-1-6-16-9/h9-10H,1-8H2,(H2,13,18). The van der Waals surface area contributed by atoms with Gasteiger partial charge in [-0.2, -0.15) is 0 Å². The van der Waals surface area contributed by atoms with Crippen molar-refractivity contribution in [2.24, 2.45) is 5.73 Å². The van der Waals surface area contributed by atoms with Crippen LogP contribution in [0, 0.1) is 0 Å². The summed E-state index contributed by atoms with van der Waals surface area (Å²) in [6.45, 7) is 2.46. The molecule has 2 aliphatic heterocycles. The van der Waals surface area contributed by atoms with Crippen molar-refractivity contribution in [2.75, 3.05) is 26.3 Å². The van der Waals surface area contributed by atoms with Gasteiger partial charge >= 0.3 is 0 Å². The number of nitrogens with two attached hydrogens (primary N) is 1. The normalized spacial score (nSPS) is 28.3. The summed E-state index contributed by atoms with van der Waals surface area (Å²) in [5.41, 5.74) is 5.55. The van der Waals surface area contributed by atoms with Crippen LogP contribution in [0.5, 0.6) is 0 Å². The van der Waals surface area contributed by atoms with Crippen molar-refractivity contribution >= 4 is 23.1 Å². The highest BCUT2D eigenvalue weighted by atomic mass is 32.1. The molecule has 0 saturated carbocycles. The van der Waals surface area contributed by atoms with E-state index in [1.165, 1.54) is 0 Å². The molecular weight excluding hydrogens is 252 g/mol. The maximum Gasteiger partial charge on any atom is 0.222 e. The molecule has 0 aromatic rings. The van der Waals surface area contributed by atoms with Crippen molar-refractivity contribution < 1.29 is 14.3 Å². The van der Waals surface area contributed by atoms with Crippen molar-refractivity contribution in [2.45, 2.75) is 37.9 Å². The number of rotatable bonds is 4. The zero-order valence-corrected chi connectivity index (χ0v) is 11.3. The molecule has 102 valence electrons. The highest BCUT2D eigenvalue weighted by Crippen LogP contribution is 2.18. The molecule has 2 fully saturated rings. The molecule has 2 heterocycles. The van der Waals surface area contributed by atoms with E-state index in [1.807, 2.05) is 0 Å². The lowest BCUT2D eigenvalue weighted by atomic mass is 10.1. The fourth-order valence-corrected chi connectivity index (χ4v) is 2.51. The number of amides is 1. The molecule has 5 nitrogen and oxygen atoms in total. The summed E-state index contributed by atoms with van der Waals surface area (Å²) < 4.78 is 10.9. The van der Waals surface area contributed by atoms with Crippen molar-refractivity contribution in [1.29, 1.82) is 0 Å². The van der Waals surface area contributed by atoms with Crippen LogP contribution in [0.3, 0.4) is 0 Å². The predicted octanol–water partition coefficient (Wildman–Crippen LogP) is 0.459. The van der Waals surface area contributed by atoms with Crippen LogP contribution in [-0.2, 0) is 14.3 Å². The number of carbonyl (C=O) groups excluding carboxylic acids is 1. The third-order valence-electron chi connectivity index (χ3n) is 3.44. The average Bonchev–Trinajstić information content (AvgIpc) is 2.89. The largest absolute Gasteiger partial charge is 0.391 e. The van der Waals surface area contributed by atoms with E-state index in [9.17, 15) is 4.79 Å². The van der Waals surface area contributed by atoms with Crippen LogP contribution in [-0.4, -0.2) is 54.3 Å². The van der Waals surface area contributed by atoms with Gasteiger partial charge in [0, 0.05) is 19.6 Å². The Morgan fingerprint density at radius 3 is 2.89 bits per heavy atom. The summed E-state index contributed by atoms with van der Waals surface area (Å²) in [5.74, 6) is 0.148. The zero-order chi connectivity index (χ0) is 13.0. The van der Waals surface area contributed by atoms with Crippen molar-refractivity contribution in [3.05, 3.63) is 0 Å². The van der Waals surface area contributed by atoms with Crippen molar-refractivity contribution in [1.82, 2.24) is 4.90 Å². The van der Waals surface area contributed by atoms with Gasteiger partial charge in [0.05, 0.1) is 19.3 Å². The Morgan fingerprint density at radius 2 is 2.22 bits per heavy atom. The summed E-state index contributed by atoms with van der Waals surface area (Å²) in [5, 5.41) is 0. The summed E-state index contributed by atoms with van der Waals surface area (Å²) in [6, 6.07) is 0. The first kappa shape index (κ1) is 13.7. The van der Waals surface area contributed by atoms with E-state index < -0.39 is 0 Å². The molecule has 2 atom stereocenters. The molecule has 0 bridgehead atoms. The van der Waals surface area contributed by atoms with E-state index >= 15 is 0 Å². The highest BCUT2D eigenvalue weighted by molar-refractivity contribution is 7.80. The lowest BCUT2D eigenvalue weighted by molar-refractivity contribution is -0.137. The second kappa shape index (κ2) is 6.45. The number of carbonyl (C=O) groups is 1. The fourth-order valence-electron chi connectivity index (χ4n) is 2.36. The van der Waals surface area contributed by atoms with Gasteiger partial charge in [0.2, 0.25) is 5.91 Å². The third-order valence-corrected chi connectivity index (χ3v) is 3.70. The first-order chi connectivity index (χ1) is 8.66. The number of ether oxygens (including phenoxy) is 2. The van der Waals surface area contributed by atoms with E-state index in [2.05, 4.69) is 0 Å². The van der Waals surface area contributed by atoms with E-state index in [1.54, 1.807) is 4.90 Å². The Bertz CT molecular complexity index is 318. The molecule has 6 heteroatoms. The lowest BCUT2D eigenvalue weighted by Gasteiger charge is -2.32. The number of nitrogens with zero attached hydrogens (tertiary/aromatic N) is 1. The highest BCUT2D eigenvalue weighted by Gasteiger charge is 2.26. The fraction of sp³-hybridized carbons (Fsp3) is 0.833. The van der Waals surface area contributed by atoms with E-state index in [0.717, 1.165) is 25.9 Å². The number of morpholine rings is 1. The van der Waals surface area contributed by atoms with Crippen LogP contribution < -0.4 is 5.73 Å². The zero-order valence-electron chi connectivity index (χ0n) is 10.5. The Balaban J connectivity index is 1.75. The molecule has 2 rings (SSSR count). The van der Waals surface area contributed by atoms with Gasteiger partial charge in [-0.25, -0.2) is 0 Å². The summed E-state index contributed by atoms with van der Waals surface area (Å²) in [4.78, 5) is 14.2. The summed E-state index contributed by atoms with van der Waals surface area (Å²) in [6.07, 6.45) is 3.51. The molecule has 2 aliphatic rings. The predicted molar refractivity (Wildman–Crippen MR) is 71.3 cm³/mol. The van der Waals surface area contributed by atoms with E-state index in [0.29, 0.717) is 31.1 Å². The van der Waals surface area contributed by atoms with Crippen LogP contribution in [0.2, 0.25) is 0 Å². The van der Waals surface area contributed by atoms with Gasteiger partial charge in [0.1, 0.15) is 11.1 Å². The summed E-state index contributed by atoms with van der Waals surface area (Å²) in [7, 11) is 0. The third kappa shape index (κ3) is 3.63. The lowest BCUT2D eigenvalue weighted by Crippen LogP contribution is -2.50. The molecule has 18 heavy (non-hydrogen) atoms. The number of hydrogen-bond donors (Lipinski definition) is 1. The van der Waals surface area contributed by atoms with Crippen molar-refractivity contribution in [3.8, 4) is 0 Å².